The summed E-state index contributed by atoms with van der Waals surface area (Å²) in [6, 6.07) is 7.97. The van der Waals surface area contributed by atoms with Gasteiger partial charge < -0.3 is 5.32 Å². The molecule has 0 radical (unpaired) electrons. The maximum atomic E-state index is 11.8. The SMILES string of the molecule is C/C(=C\C(=O)c1ccc(C)cc1)NC(C)C. The first-order valence-electron chi connectivity index (χ1n) is 5.55. The monoisotopic (exact) mass is 217 g/mol. The van der Waals surface area contributed by atoms with Crippen molar-refractivity contribution in [3.8, 4) is 0 Å². The van der Waals surface area contributed by atoms with Gasteiger partial charge in [-0.2, -0.15) is 0 Å². The second-order valence-electron chi connectivity index (χ2n) is 4.36. The third-order valence-electron chi connectivity index (χ3n) is 2.20. The van der Waals surface area contributed by atoms with Gasteiger partial charge in [0.2, 0.25) is 0 Å². The first-order valence-corrected chi connectivity index (χ1v) is 5.55. The molecule has 0 unspecified atom stereocenters. The lowest BCUT2D eigenvalue weighted by Gasteiger charge is -2.09. The Hall–Kier alpha value is -1.57. The molecule has 1 rings (SSSR count). The lowest BCUT2D eigenvalue weighted by Crippen LogP contribution is -2.21. The quantitative estimate of drug-likeness (QED) is 0.620. The highest BCUT2D eigenvalue weighted by Crippen LogP contribution is 2.05. The molecule has 0 spiro atoms. The topological polar surface area (TPSA) is 29.1 Å². The minimum absolute atomic E-state index is 0.0469. The molecule has 0 saturated carbocycles. The Labute approximate surface area is 97.4 Å². The molecular formula is C14H19NO. The summed E-state index contributed by atoms with van der Waals surface area (Å²) in [5, 5.41) is 3.20. The van der Waals surface area contributed by atoms with Crippen molar-refractivity contribution >= 4 is 5.78 Å². The summed E-state index contributed by atoms with van der Waals surface area (Å²) in [6.45, 7) is 8.02. The fraction of sp³-hybridized carbons (Fsp3) is 0.357. The van der Waals surface area contributed by atoms with Gasteiger partial charge in [0.1, 0.15) is 0 Å². The summed E-state index contributed by atoms with van der Waals surface area (Å²) in [6.07, 6.45) is 1.64. The van der Waals surface area contributed by atoms with Crippen molar-refractivity contribution in [1.82, 2.24) is 5.32 Å². The Bertz CT molecular complexity index is 388. The highest BCUT2D eigenvalue weighted by molar-refractivity contribution is 6.04. The van der Waals surface area contributed by atoms with Crippen LogP contribution >= 0.6 is 0 Å². The van der Waals surface area contributed by atoms with E-state index in [-0.39, 0.29) is 5.78 Å². The van der Waals surface area contributed by atoms with E-state index in [1.165, 1.54) is 0 Å². The molecule has 1 aromatic rings. The largest absolute Gasteiger partial charge is 0.386 e. The molecule has 1 aromatic carbocycles. The maximum Gasteiger partial charge on any atom is 0.187 e. The zero-order valence-electron chi connectivity index (χ0n) is 10.4. The summed E-state index contributed by atoms with van der Waals surface area (Å²) in [5.41, 5.74) is 2.80. The Morgan fingerprint density at radius 3 is 2.31 bits per heavy atom. The number of allylic oxidation sites excluding steroid dienone is 2. The van der Waals surface area contributed by atoms with Crippen molar-refractivity contribution in [3.63, 3.8) is 0 Å². The average Bonchev–Trinajstić information content (AvgIpc) is 2.16. The van der Waals surface area contributed by atoms with Crippen molar-refractivity contribution in [2.24, 2.45) is 0 Å². The first kappa shape index (κ1) is 12.5. The van der Waals surface area contributed by atoms with E-state index in [0.29, 0.717) is 6.04 Å². The van der Waals surface area contributed by atoms with Gasteiger partial charge in [-0.1, -0.05) is 29.8 Å². The lowest BCUT2D eigenvalue weighted by molar-refractivity contribution is 0.104. The average molecular weight is 217 g/mol. The first-order chi connectivity index (χ1) is 7.49. The van der Waals surface area contributed by atoms with Gasteiger partial charge in [-0.25, -0.2) is 0 Å². The van der Waals surface area contributed by atoms with Gasteiger partial charge in [0.05, 0.1) is 0 Å². The van der Waals surface area contributed by atoms with Gasteiger partial charge in [-0.3, -0.25) is 4.79 Å². The molecule has 0 aliphatic carbocycles. The van der Waals surface area contributed by atoms with Crippen LogP contribution < -0.4 is 5.32 Å². The number of nitrogens with one attached hydrogen (secondary N) is 1. The van der Waals surface area contributed by atoms with E-state index in [4.69, 9.17) is 0 Å². The Morgan fingerprint density at radius 1 is 1.25 bits per heavy atom. The maximum absolute atomic E-state index is 11.8. The number of hydrogen-bond donors (Lipinski definition) is 1. The molecule has 0 heterocycles. The second-order valence-corrected chi connectivity index (χ2v) is 4.36. The van der Waals surface area contributed by atoms with E-state index in [1.807, 2.05) is 52.0 Å². The zero-order valence-corrected chi connectivity index (χ0v) is 10.4. The fourth-order valence-electron chi connectivity index (χ4n) is 1.49. The third kappa shape index (κ3) is 3.89. The number of ketones is 1. The zero-order chi connectivity index (χ0) is 12.1. The second kappa shape index (κ2) is 5.50. The van der Waals surface area contributed by atoms with Gasteiger partial charge >= 0.3 is 0 Å². The lowest BCUT2D eigenvalue weighted by atomic mass is 10.1. The molecular weight excluding hydrogens is 198 g/mol. The van der Waals surface area contributed by atoms with Gasteiger partial charge in [0, 0.05) is 23.4 Å². The predicted molar refractivity (Wildman–Crippen MR) is 67.5 cm³/mol. The highest BCUT2D eigenvalue weighted by atomic mass is 16.1. The standard InChI is InChI=1S/C14H19NO/c1-10(2)15-12(4)9-14(16)13-7-5-11(3)6-8-13/h5-10,15H,1-4H3/b12-9+. The summed E-state index contributed by atoms with van der Waals surface area (Å²) in [4.78, 5) is 11.8. The fourth-order valence-corrected chi connectivity index (χ4v) is 1.49. The van der Waals surface area contributed by atoms with Gasteiger partial charge in [-0.05, 0) is 27.7 Å². The van der Waals surface area contributed by atoms with Crippen LogP contribution in [0.2, 0.25) is 0 Å². The van der Waals surface area contributed by atoms with Crippen molar-refractivity contribution in [1.29, 1.82) is 0 Å². The minimum Gasteiger partial charge on any atom is -0.386 e. The molecule has 86 valence electrons. The van der Waals surface area contributed by atoms with E-state index < -0.39 is 0 Å². The van der Waals surface area contributed by atoms with Crippen molar-refractivity contribution < 1.29 is 4.79 Å². The molecule has 0 bridgehead atoms. The van der Waals surface area contributed by atoms with E-state index in [2.05, 4.69) is 5.32 Å². The van der Waals surface area contributed by atoms with Crippen LogP contribution in [0, 0.1) is 6.92 Å². The van der Waals surface area contributed by atoms with Gasteiger partial charge in [0.15, 0.2) is 5.78 Å². The van der Waals surface area contributed by atoms with Crippen LogP contribution in [0.5, 0.6) is 0 Å². The molecule has 2 nitrogen and oxygen atoms in total. The van der Waals surface area contributed by atoms with Crippen molar-refractivity contribution in [2.75, 3.05) is 0 Å². The summed E-state index contributed by atoms with van der Waals surface area (Å²) >= 11 is 0. The third-order valence-corrected chi connectivity index (χ3v) is 2.20. The van der Waals surface area contributed by atoms with Gasteiger partial charge in [-0.15, -0.1) is 0 Å². The molecule has 1 N–H and O–H groups in total. The molecule has 0 aliphatic heterocycles. The molecule has 2 heteroatoms. The van der Waals surface area contributed by atoms with Crippen LogP contribution in [-0.4, -0.2) is 11.8 Å². The van der Waals surface area contributed by atoms with Gasteiger partial charge in [0.25, 0.3) is 0 Å². The summed E-state index contributed by atoms with van der Waals surface area (Å²) in [7, 11) is 0. The Morgan fingerprint density at radius 2 is 1.81 bits per heavy atom. The van der Waals surface area contributed by atoms with Crippen molar-refractivity contribution in [2.45, 2.75) is 33.7 Å². The number of hydrogen-bond acceptors (Lipinski definition) is 2. The summed E-state index contributed by atoms with van der Waals surface area (Å²) < 4.78 is 0. The number of carbonyl (C=O) groups is 1. The summed E-state index contributed by atoms with van der Waals surface area (Å²) in [5.74, 6) is 0.0469. The smallest absolute Gasteiger partial charge is 0.187 e. The number of rotatable bonds is 4. The molecule has 16 heavy (non-hydrogen) atoms. The van der Waals surface area contributed by atoms with Crippen LogP contribution in [0.3, 0.4) is 0 Å². The molecule has 0 aliphatic rings. The number of aryl methyl sites for hydroxylation is 1. The van der Waals surface area contributed by atoms with E-state index in [0.717, 1.165) is 16.8 Å². The van der Waals surface area contributed by atoms with E-state index >= 15 is 0 Å². The van der Waals surface area contributed by atoms with Crippen LogP contribution in [-0.2, 0) is 0 Å². The molecule has 0 amide bonds. The minimum atomic E-state index is 0.0469. The predicted octanol–water partition coefficient (Wildman–Crippen LogP) is 3.08. The molecule has 0 aromatic heterocycles. The van der Waals surface area contributed by atoms with Crippen LogP contribution in [0.15, 0.2) is 36.0 Å². The normalized spacial score (nSPS) is 11.7. The Kier molecular flexibility index (Phi) is 4.29. The number of carbonyl (C=O) groups excluding carboxylic acids is 1. The van der Waals surface area contributed by atoms with E-state index in [1.54, 1.807) is 6.08 Å². The van der Waals surface area contributed by atoms with Crippen LogP contribution in [0.1, 0.15) is 36.7 Å². The Balaban J connectivity index is 2.75. The van der Waals surface area contributed by atoms with E-state index in [9.17, 15) is 4.79 Å². The van der Waals surface area contributed by atoms with Crippen molar-refractivity contribution in [3.05, 3.63) is 47.2 Å². The molecule has 0 saturated heterocycles. The molecule has 0 fully saturated rings. The van der Waals surface area contributed by atoms with Crippen LogP contribution in [0.25, 0.3) is 0 Å². The van der Waals surface area contributed by atoms with Crippen LogP contribution in [0.4, 0.5) is 0 Å². The number of benzene rings is 1. The molecule has 0 atom stereocenters. The highest BCUT2D eigenvalue weighted by Gasteiger charge is 2.02.